The van der Waals surface area contributed by atoms with Gasteiger partial charge in [-0.15, -0.1) is 11.3 Å². The minimum absolute atomic E-state index is 0.0733. The topological polar surface area (TPSA) is 113 Å². The average molecular weight is 404 g/mol. The van der Waals surface area contributed by atoms with Crippen LogP contribution in [0, 0.1) is 52.2 Å². The van der Waals surface area contributed by atoms with Crippen LogP contribution in [-0.4, -0.2) is 9.55 Å². The average Bonchev–Trinajstić information content (AvgIpc) is 3.37. The molecule has 0 aliphatic heterocycles. The summed E-state index contributed by atoms with van der Waals surface area (Å²) in [5.41, 5.74) is 4.40. The molecule has 2 aromatic heterocycles. The lowest BCUT2D eigenvalue weighted by Gasteiger charge is -2.04. The highest BCUT2D eigenvalue weighted by Gasteiger charge is 2.32. The van der Waals surface area contributed by atoms with E-state index in [0.717, 1.165) is 16.0 Å². The molecule has 0 bridgehead atoms. The first-order chi connectivity index (χ1) is 14.5. The number of hydrogen-bond acceptors (Lipinski definition) is 6. The Balaban J connectivity index is 2.09. The first-order valence-electron chi connectivity index (χ1n) is 8.88. The van der Waals surface area contributed by atoms with Crippen LogP contribution in [0.4, 0.5) is 0 Å². The van der Waals surface area contributed by atoms with Crippen LogP contribution in [0.25, 0.3) is 27.6 Å². The van der Waals surface area contributed by atoms with Gasteiger partial charge in [0.15, 0.2) is 5.65 Å². The molecule has 0 N–H and O–H groups in total. The van der Waals surface area contributed by atoms with E-state index in [0.29, 0.717) is 32.9 Å². The second kappa shape index (κ2) is 7.19. The Morgan fingerprint density at radius 3 is 1.97 bits per heavy atom. The SMILES string of the molecule is Cc1cc2sc(C=C3C(=C(C#N)C#N)c4ccccc4C3=C(C#N)C#N)nc2n1C. The summed E-state index contributed by atoms with van der Waals surface area (Å²) in [6.45, 7) is 2.00. The highest BCUT2D eigenvalue weighted by Crippen LogP contribution is 2.48. The number of nitrogens with zero attached hydrogens (tertiary/aromatic N) is 6. The van der Waals surface area contributed by atoms with Crippen LogP contribution in [0.15, 0.2) is 47.1 Å². The van der Waals surface area contributed by atoms with E-state index in [1.54, 1.807) is 30.3 Å². The smallest absolute Gasteiger partial charge is 0.151 e. The number of thiazole rings is 1. The van der Waals surface area contributed by atoms with E-state index in [9.17, 15) is 21.0 Å². The molecule has 2 heterocycles. The summed E-state index contributed by atoms with van der Waals surface area (Å²) in [4.78, 5) is 4.68. The standard InChI is InChI=1S/C23H12N6S/c1-13-7-19-23(29(13)2)28-20(30-19)8-18-21(14(9-24)10-25)16-5-3-4-6-17(16)22(18)15(11-26)12-27/h3-8H,1-2H3. The maximum Gasteiger partial charge on any atom is 0.151 e. The molecule has 0 radical (unpaired) electrons. The lowest BCUT2D eigenvalue weighted by atomic mass is 9.96. The van der Waals surface area contributed by atoms with E-state index < -0.39 is 0 Å². The van der Waals surface area contributed by atoms with Gasteiger partial charge in [0.1, 0.15) is 40.4 Å². The lowest BCUT2D eigenvalue weighted by Crippen LogP contribution is -1.91. The molecule has 1 aromatic carbocycles. The Hall–Kier alpha value is -4.43. The molecule has 0 saturated heterocycles. The van der Waals surface area contributed by atoms with Gasteiger partial charge in [-0.2, -0.15) is 21.0 Å². The fourth-order valence-corrected chi connectivity index (χ4v) is 4.64. The number of rotatable bonds is 1. The number of hydrogen-bond donors (Lipinski definition) is 0. The predicted molar refractivity (Wildman–Crippen MR) is 114 cm³/mol. The van der Waals surface area contributed by atoms with Gasteiger partial charge in [-0.05, 0) is 35.8 Å². The van der Waals surface area contributed by atoms with Gasteiger partial charge in [-0.25, -0.2) is 4.98 Å². The normalized spacial score (nSPS) is 12.0. The number of allylic oxidation sites excluding steroid dienone is 5. The van der Waals surface area contributed by atoms with E-state index in [1.165, 1.54) is 11.3 Å². The highest BCUT2D eigenvalue weighted by molar-refractivity contribution is 7.19. The van der Waals surface area contributed by atoms with Crippen molar-refractivity contribution in [3.63, 3.8) is 0 Å². The van der Waals surface area contributed by atoms with Crippen molar-refractivity contribution in [3.8, 4) is 24.3 Å². The molecular weight excluding hydrogens is 392 g/mol. The lowest BCUT2D eigenvalue weighted by molar-refractivity contribution is 0.903. The quantitative estimate of drug-likeness (QED) is 0.548. The third-order valence-corrected chi connectivity index (χ3v) is 6.00. The van der Waals surface area contributed by atoms with Crippen molar-refractivity contribution in [1.29, 1.82) is 21.0 Å². The summed E-state index contributed by atoms with van der Waals surface area (Å²) in [5, 5.41) is 38.9. The second-order valence-corrected chi connectivity index (χ2v) is 7.70. The first kappa shape index (κ1) is 18.9. The largest absolute Gasteiger partial charge is 0.332 e. The maximum atomic E-state index is 9.56. The zero-order valence-corrected chi connectivity index (χ0v) is 16.9. The summed E-state index contributed by atoms with van der Waals surface area (Å²) in [6.07, 6.45) is 1.76. The van der Waals surface area contributed by atoms with Crippen molar-refractivity contribution in [2.24, 2.45) is 7.05 Å². The number of fused-ring (bicyclic) bond motifs is 2. The van der Waals surface area contributed by atoms with Gasteiger partial charge >= 0.3 is 0 Å². The fourth-order valence-electron chi connectivity index (χ4n) is 3.60. The monoisotopic (exact) mass is 404 g/mol. The van der Waals surface area contributed by atoms with Gasteiger partial charge in [-0.3, -0.25) is 0 Å². The van der Waals surface area contributed by atoms with E-state index in [1.807, 2.05) is 48.9 Å². The van der Waals surface area contributed by atoms with Gasteiger partial charge in [-0.1, -0.05) is 24.3 Å². The maximum absolute atomic E-state index is 9.56. The van der Waals surface area contributed by atoms with Gasteiger partial charge in [0, 0.05) is 23.9 Å². The van der Waals surface area contributed by atoms with E-state index in [-0.39, 0.29) is 11.1 Å². The van der Waals surface area contributed by atoms with Crippen LogP contribution < -0.4 is 0 Å². The van der Waals surface area contributed by atoms with Crippen LogP contribution in [0.5, 0.6) is 0 Å². The molecule has 0 fully saturated rings. The molecule has 0 amide bonds. The molecule has 0 atom stereocenters. The third-order valence-electron chi connectivity index (χ3n) is 5.06. The Bertz CT molecular complexity index is 1390. The number of benzene rings is 1. The van der Waals surface area contributed by atoms with Crippen LogP contribution >= 0.6 is 11.3 Å². The van der Waals surface area contributed by atoms with E-state index >= 15 is 0 Å². The van der Waals surface area contributed by atoms with Gasteiger partial charge < -0.3 is 4.57 Å². The van der Waals surface area contributed by atoms with Crippen molar-refractivity contribution in [1.82, 2.24) is 9.55 Å². The molecule has 0 unspecified atom stereocenters. The summed E-state index contributed by atoms with van der Waals surface area (Å²) in [6, 6.07) is 17.0. The summed E-state index contributed by atoms with van der Waals surface area (Å²) < 4.78 is 2.99. The molecule has 30 heavy (non-hydrogen) atoms. The van der Waals surface area contributed by atoms with Crippen molar-refractivity contribution < 1.29 is 0 Å². The van der Waals surface area contributed by atoms with Crippen molar-refractivity contribution in [3.05, 3.63) is 68.9 Å². The molecule has 6 nitrogen and oxygen atoms in total. The van der Waals surface area contributed by atoms with Crippen LogP contribution in [-0.2, 0) is 7.05 Å². The molecule has 140 valence electrons. The fraction of sp³-hybridized carbons (Fsp3) is 0.0870. The Morgan fingerprint density at radius 1 is 0.967 bits per heavy atom. The van der Waals surface area contributed by atoms with E-state index in [2.05, 4.69) is 4.98 Å². The van der Waals surface area contributed by atoms with Crippen molar-refractivity contribution in [2.45, 2.75) is 6.92 Å². The number of nitriles is 4. The highest BCUT2D eigenvalue weighted by atomic mass is 32.1. The molecule has 3 aromatic rings. The molecule has 1 aliphatic carbocycles. The summed E-state index contributed by atoms with van der Waals surface area (Å²) in [5.74, 6) is 0. The molecular formula is C23H12N6S. The molecule has 0 spiro atoms. The second-order valence-electron chi connectivity index (χ2n) is 6.64. The summed E-state index contributed by atoms with van der Waals surface area (Å²) in [7, 11) is 1.93. The Morgan fingerprint density at radius 2 is 1.50 bits per heavy atom. The first-order valence-corrected chi connectivity index (χ1v) is 9.69. The number of aromatic nitrogens is 2. The van der Waals surface area contributed by atoms with Gasteiger partial charge in [0.2, 0.25) is 0 Å². The third kappa shape index (κ3) is 2.71. The van der Waals surface area contributed by atoms with Gasteiger partial charge in [0.05, 0.1) is 4.70 Å². The zero-order valence-electron chi connectivity index (χ0n) is 16.1. The van der Waals surface area contributed by atoms with Crippen LogP contribution in [0.1, 0.15) is 21.8 Å². The van der Waals surface area contributed by atoms with Gasteiger partial charge in [0.25, 0.3) is 0 Å². The minimum atomic E-state index is -0.0733. The molecule has 0 saturated carbocycles. The molecule has 7 heteroatoms. The number of aryl methyl sites for hydroxylation is 2. The Kier molecular flexibility index (Phi) is 4.53. The van der Waals surface area contributed by atoms with Crippen LogP contribution in [0.3, 0.4) is 0 Å². The molecule has 4 rings (SSSR count). The van der Waals surface area contributed by atoms with E-state index in [4.69, 9.17) is 0 Å². The van der Waals surface area contributed by atoms with Crippen LogP contribution in [0.2, 0.25) is 0 Å². The Labute approximate surface area is 176 Å². The molecule has 1 aliphatic rings. The summed E-state index contributed by atoms with van der Waals surface area (Å²) >= 11 is 1.47. The van der Waals surface area contributed by atoms with Crippen molar-refractivity contribution in [2.75, 3.05) is 0 Å². The zero-order chi connectivity index (χ0) is 21.4. The predicted octanol–water partition coefficient (Wildman–Crippen LogP) is 4.64. The minimum Gasteiger partial charge on any atom is -0.332 e. The van der Waals surface area contributed by atoms with Crippen molar-refractivity contribution >= 4 is 38.9 Å².